The van der Waals surface area contributed by atoms with Crippen LogP contribution in [0.4, 0.5) is 0 Å². The van der Waals surface area contributed by atoms with Gasteiger partial charge in [0.15, 0.2) is 4.75 Å². The number of nitrogens with zero attached hydrogens (tertiary/aromatic N) is 1. The highest BCUT2D eigenvalue weighted by molar-refractivity contribution is 7.91. The minimum Gasteiger partial charge on any atom is -0.494 e. The first-order chi connectivity index (χ1) is 15.1. The summed E-state index contributed by atoms with van der Waals surface area (Å²) in [7, 11) is -3.93. The molecule has 0 fully saturated rings. The molecule has 1 aliphatic rings. The molecule has 172 valence electrons. The number of hydrogen-bond acceptors (Lipinski definition) is 5. The lowest BCUT2D eigenvalue weighted by Gasteiger charge is -2.32. The number of carbonyl (C=O) groups excluding carboxylic acids is 1. The first kappa shape index (κ1) is 24.0. The summed E-state index contributed by atoms with van der Waals surface area (Å²) < 4.78 is 30.9. The van der Waals surface area contributed by atoms with E-state index in [0.29, 0.717) is 13.0 Å². The van der Waals surface area contributed by atoms with Gasteiger partial charge in [0.25, 0.3) is 5.91 Å². The third-order valence-electron chi connectivity index (χ3n) is 5.86. The van der Waals surface area contributed by atoms with Crippen LogP contribution in [0.25, 0.3) is 16.7 Å². The van der Waals surface area contributed by atoms with E-state index in [2.05, 4.69) is 31.2 Å². The minimum absolute atomic E-state index is 0.178. The monoisotopic (exact) mass is 458 g/mol. The molecule has 0 spiro atoms. The van der Waals surface area contributed by atoms with Crippen LogP contribution < -0.4 is 10.2 Å². The second kappa shape index (κ2) is 9.44. The SMILES string of the molecule is CCOc1cccc(-c2ccc(C3=CCN(S(=O)(=O)C(C)(C)C(=O)NO)CC3)cc2C)c1. The summed E-state index contributed by atoms with van der Waals surface area (Å²) in [4.78, 5) is 11.9. The van der Waals surface area contributed by atoms with Gasteiger partial charge in [0.2, 0.25) is 10.0 Å². The molecular formula is C24H30N2O5S. The van der Waals surface area contributed by atoms with Crippen LogP contribution in [0.1, 0.15) is 38.3 Å². The maximum Gasteiger partial charge on any atom is 0.265 e. The molecule has 0 saturated carbocycles. The largest absolute Gasteiger partial charge is 0.494 e. The number of rotatable bonds is 7. The van der Waals surface area contributed by atoms with Gasteiger partial charge in [-0.1, -0.05) is 36.4 Å². The molecule has 0 radical (unpaired) electrons. The zero-order chi connectivity index (χ0) is 23.5. The lowest BCUT2D eigenvalue weighted by Crippen LogP contribution is -2.54. The van der Waals surface area contributed by atoms with Crippen LogP contribution in [0.15, 0.2) is 48.5 Å². The zero-order valence-corrected chi connectivity index (χ0v) is 19.7. The third kappa shape index (κ3) is 4.57. The number of hydroxylamine groups is 1. The highest BCUT2D eigenvalue weighted by atomic mass is 32.2. The van der Waals surface area contributed by atoms with Crippen molar-refractivity contribution >= 4 is 21.5 Å². The molecule has 0 aliphatic carbocycles. The molecule has 32 heavy (non-hydrogen) atoms. The van der Waals surface area contributed by atoms with Crippen molar-refractivity contribution in [3.63, 3.8) is 0 Å². The van der Waals surface area contributed by atoms with E-state index in [4.69, 9.17) is 9.94 Å². The molecule has 2 aromatic carbocycles. The third-order valence-corrected chi connectivity index (χ3v) is 8.34. The first-order valence-electron chi connectivity index (χ1n) is 10.6. The van der Waals surface area contributed by atoms with E-state index < -0.39 is 20.7 Å². The van der Waals surface area contributed by atoms with Crippen molar-refractivity contribution in [2.75, 3.05) is 19.7 Å². The summed E-state index contributed by atoms with van der Waals surface area (Å²) in [6.45, 7) is 7.65. The predicted molar refractivity (Wildman–Crippen MR) is 125 cm³/mol. The van der Waals surface area contributed by atoms with Crippen LogP contribution in [0.3, 0.4) is 0 Å². The fourth-order valence-corrected chi connectivity index (χ4v) is 5.34. The van der Waals surface area contributed by atoms with E-state index in [9.17, 15) is 13.2 Å². The highest BCUT2D eigenvalue weighted by Gasteiger charge is 2.45. The molecule has 3 rings (SSSR count). The van der Waals surface area contributed by atoms with Crippen molar-refractivity contribution in [2.45, 2.75) is 38.9 Å². The maximum absolute atomic E-state index is 12.9. The van der Waals surface area contributed by atoms with Crippen molar-refractivity contribution < 1.29 is 23.2 Å². The van der Waals surface area contributed by atoms with E-state index in [0.717, 1.165) is 33.6 Å². The molecule has 0 unspecified atom stereocenters. The Balaban J connectivity index is 1.81. The number of amides is 1. The number of benzene rings is 2. The molecule has 0 bridgehead atoms. The number of aryl methyl sites for hydroxylation is 1. The molecule has 1 aliphatic heterocycles. The first-order valence-corrected chi connectivity index (χ1v) is 12.0. The average molecular weight is 459 g/mol. The van der Waals surface area contributed by atoms with Crippen LogP contribution in [-0.4, -0.2) is 48.3 Å². The summed E-state index contributed by atoms with van der Waals surface area (Å²) in [5, 5.41) is 8.89. The Hall–Kier alpha value is -2.68. The van der Waals surface area contributed by atoms with Gasteiger partial charge >= 0.3 is 0 Å². The van der Waals surface area contributed by atoms with Crippen molar-refractivity contribution in [3.8, 4) is 16.9 Å². The molecule has 1 amide bonds. The molecule has 0 saturated heterocycles. The Morgan fingerprint density at radius 2 is 1.94 bits per heavy atom. The van der Waals surface area contributed by atoms with E-state index in [1.807, 2.05) is 31.2 Å². The Morgan fingerprint density at radius 3 is 2.53 bits per heavy atom. The molecule has 7 nitrogen and oxygen atoms in total. The van der Waals surface area contributed by atoms with Crippen LogP contribution in [0, 0.1) is 6.92 Å². The van der Waals surface area contributed by atoms with E-state index in [1.54, 1.807) is 0 Å². The standard InChI is InChI=1S/C24H30N2O5S/c1-5-31-21-8-6-7-20(16-21)22-10-9-19(15-17(22)2)18-11-13-26(14-12-18)32(29,30)24(3,4)23(27)25-28/h6-11,15-16,28H,5,12-14H2,1-4H3,(H,25,27). The predicted octanol–water partition coefficient (Wildman–Crippen LogP) is 3.76. The van der Waals surface area contributed by atoms with Gasteiger partial charge in [0.05, 0.1) is 6.61 Å². The number of ether oxygens (including phenoxy) is 1. The molecule has 8 heteroatoms. The lowest BCUT2D eigenvalue weighted by molar-refractivity contribution is -0.131. The molecule has 2 N–H and O–H groups in total. The van der Waals surface area contributed by atoms with Crippen LogP contribution in [-0.2, 0) is 14.8 Å². The van der Waals surface area contributed by atoms with Crippen LogP contribution in [0.2, 0.25) is 0 Å². The number of hydrogen-bond donors (Lipinski definition) is 2. The summed E-state index contributed by atoms with van der Waals surface area (Å²) in [5.41, 5.74) is 6.89. The van der Waals surface area contributed by atoms with Gasteiger partial charge in [-0.3, -0.25) is 10.0 Å². The number of nitrogens with one attached hydrogen (secondary N) is 1. The van der Waals surface area contributed by atoms with E-state index >= 15 is 0 Å². The topological polar surface area (TPSA) is 95.9 Å². The molecule has 0 aromatic heterocycles. The van der Waals surface area contributed by atoms with Crippen molar-refractivity contribution in [3.05, 3.63) is 59.7 Å². The quantitative estimate of drug-likeness (QED) is 0.486. The zero-order valence-electron chi connectivity index (χ0n) is 18.9. The second-order valence-electron chi connectivity index (χ2n) is 8.28. The van der Waals surface area contributed by atoms with Gasteiger partial charge in [0, 0.05) is 13.1 Å². The Kier molecular flexibility index (Phi) is 7.07. The van der Waals surface area contributed by atoms with Gasteiger partial charge < -0.3 is 4.74 Å². The van der Waals surface area contributed by atoms with Gasteiger partial charge in [-0.25, -0.2) is 13.9 Å². The Labute approximate surface area is 189 Å². The normalized spacial score (nSPS) is 15.2. The van der Waals surface area contributed by atoms with Crippen molar-refractivity contribution in [2.24, 2.45) is 0 Å². The minimum atomic E-state index is -3.93. The fourth-order valence-electron chi connectivity index (χ4n) is 3.81. The van der Waals surface area contributed by atoms with E-state index in [1.165, 1.54) is 23.6 Å². The highest BCUT2D eigenvalue weighted by Crippen LogP contribution is 2.32. The number of carbonyl (C=O) groups is 1. The second-order valence-corrected chi connectivity index (χ2v) is 10.8. The molecule has 2 aromatic rings. The van der Waals surface area contributed by atoms with Crippen LogP contribution >= 0.6 is 0 Å². The fraction of sp³-hybridized carbons (Fsp3) is 0.375. The Bertz CT molecular complexity index is 1140. The molecule has 0 atom stereocenters. The maximum atomic E-state index is 12.9. The average Bonchev–Trinajstić information content (AvgIpc) is 2.78. The van der Waals surface area contributed by atoms with Gasteiger partial charge in [-0.15, -0.1) is 0 Å². The van der Waals surface area contributed by atoms with Gasteiger partial charge in [0.1, 0.15) is 5.75 Å². The Morgan fingerprint density at radius 1 is 1.19 bits per heavy atom. The summed E-state index contributed by atoms with van der Waals surface area (Å²) in [6, 6.07) is 14.2. The molecule has 1 heterocycles. The summed E-state index contributed by atoms with van der Waals surface area (Å²) in [6.07, 6.45) is 2.42. The number of sulfonamides is 1. The summed E-state index contributed by atoms with van der Waals surface area (Å²) in [5.74, 6) is -0.116. The molecular weight excluding hydrogens is 428 g/mol. The lowest BCUT2D eigenvalue weighted by atomic mass is 9.93. The van der Waals surface area contributed by atoms with Crippen LogP contribution in [0.5, 0.6) is 5.75 Å². The summed E-state index contributed by atoms with van der Waals surface area (Å²) >= 11 is 0. The van der Waals surface area contributed by atoms with Gasteiger partial charge in [-0.2, -0.15) is 4.31 Å². The van der Waals surface area contributed by atoms with Gasteiger partial charge in [-0.05, 0) is 74.1 Å². The van der Waals surface area contributed by atoms with E-state index in [-0.39, 0.29) is 13.1 Å². The van der Waals surface area contributed by atoms with Crippen molar-refractivity contribution in [1.29, 1.82) is 0 Å². The smallest absolute Gasteiger partial charge is 0.265 e. The van der Waals surface area contributed by atoms with Crippen molar-refractivity contribution in [1.82, 2.24) is 9.79 Å².